The number of hydrogen-bond acceptors (Lipinski definition) is 5. The Hall–Kier alpha value is -2.68. The lowest BCUT2D eigenvalue weighted by Crippen LogP contribution is -2.21. The summed E-state index contributed by atoms with van der Waals surface area (Å²) in [5, 5.41) is 6.21. The molecule has 0 unspecified atom stereocenters. The number of hydrogen-bond donors (Lipinski definition) is 2. The molecule has 1 heterocycles. The zero-order valence-electron chi connectivity index (χ0n) is 13.8. The minimum atomic E-state index is -3.87. The van der Waals surface area contributed by atoms with Crippen LogP contribution in [-0.4, -0.2) is 20.5 Å². The number of rotatable bonds is 6. The molecule has 0 bridgehead atoms. The number of halogens is 1. The van der Waals surface area contributed by atoms with Crippen molar-refractivity contribution in [3.8, 4) is 0 Å². The first-order valence-electron chi connectivity index (χ1n) is 7.70. The second kappa shape index (κ2) is 8.34. The van der Waals surface area contributed by atoms with Crippen LogP contribution in [0.15, 0.2) is 76.0 Å². The quantitative estimate of drug-likeness (QED) is 0.468. The van der Waals surface area contributed by atoms with E-state index in [9.17, 15) is 13.2 Å². The first-order chi connectivity index (χ1) is 13.0. The Labute approximate surface area is 165 Å². The number of carbonyl (C=O) groups is 1. The summed E-state index contributed by atoms with van der Waals surface area (Å²) in [7, 11) is -3.87. The number of amides is 1. The monoisotopic (exact) mass is 419 g/mol. The summed E-state index contributed by atoms with van der Waals surface area (Å²) in [5.74, 6) is -0.530. The molecule has 0 aliphatic carbocycles. The van der Waals surface area contributed by atoms with Crippen LogP contribution in [0.4, 0.5) is 5.69 Å². The van der Waals surface area contributed by atoms with Crippen molar-refractivity contribution in [3.05, 3.63) is 81.5 Å². The van der Waals surface area contributed by atoms with E-state index in [1.54, 1.807) is 12.1 Å². The Balaban J connectivity index is 1.79. The van der Waals surface area contributed by atoms with Crippen molar-refractivity contribution in [2.75, 3.05) is 4.72 Å². The van der Waals surface area contributed by atoms with Crippen molar-refractivity contribution in [1.82, 2.24) is 5.43 Å². The molecule has 0 spiro atoms. The third-order valence-corrected chi connectivity index (χ3v) is 5.88. The molecule has 138 valence electrons. The van der Waals surface area contributed by atoms with E-state index < -0.39 is 15.9 Å². The number of sulfonamides is 1. The smallest absolute Gasteiger partial charge is 0.273 e. The van der Waals surface area contributed by atoms with Gasteiger partial charge in [-0.3, -0.25) is 9.52 Å². The largest absolute Gasteiger partial charge is 0.279 e. The van der Waals surface area contributed by atoms with Gasteiger partial charge in [0.05, 0.1) is 22.4 Å². The predicted molar refractivity (Wildman–Crippen MR) is 108 cm³/mol. The second-order valence-electron chi connectivity index (χ2n) is 5.32. The molecule has 6 nitrogen and oxygen atoms in total. The van der Waals surface area contributed by atoms with Crippen molar-refractivity contribution in [2.45, 2.75) is 4.90 Å². The Morgan fingerprint density at radius 3 is 2.48 bits per heavy atom. The third-order valence-electron chi connectivity index (χ3n) is 3.44. The van der Waals surface area contributed by atoms with Gasteiger partial charge in [0.25, 0.3) is 15.9 Å². The molecule has 0 radical (unpaired) electrons. The average molecular weight is 420 g/mol. The number of hydrazone groups is 1. The number of anilines is 1. The van der Waals surface area contributed by atoms with Crippen LogP contribution in [-0.2, 0) is 10.0 Å². The van der Waals surface area contributed by atoms with E-state index in [2.05, 4.69) is 15.2 Å². The SMILES string of the molecule is O=C(NN=Cc1cccs1)c1ccccc1NS(=O)(=O)c1ccc(Cl)cc1. The van der Waals surface area contributed by atoms with Crippen LogP contribution in [0.25, 0.3) is 0 Å². The molecule has 2 aromatic carbocycles. The van der Waals surface area contributed by atoms with Gasteiger partial charge in [-0.25, -0.2) is 13.8 Å². The fourth-order valence-corrected chi connectivity index (χ4v) is 3.96. The number of thiophene rings is 1. The van der Waals surface area contributed by atoms with Crippen molar-refractivity contribution in [2.24, 2.45) is 5.10 Å². The highest BCUT2D eigenvalue weighted by Crippen LogP contribution is 2.21. The molecular weight excluding hydrogens is 406 g/mol. The molecule has 0 aliphatic heterocycles. The van der Waals surface area contributed by atoms with E-state index in [1.165, 1.54) is 53.9 Å². The first-order valence-corrected chi connectivity index (χ1v) is 10.4. The minimum absolute atomic E-state index is 0.0397. The summed E-state index contributed by atoms with van der Waals surface area (Å²) in [6, 6.07) is 15.7. The van der Waals surface area contributed by atoms with Crippen LogP contribution in [0, 0.1) is 0 Å². The molecule has 9 heteroatoms. The minimum Gasteiger partial charge on any atom is -0.279 e. The van der Waals surface area contributed by atoms with Crippen molar-refractivity contribution < 1.29 is 13.2 Å². The molecule has 0 saturated carbocycles. The van der Waals surface area contributed by atoms with E-state index in [4.69, 9.17) is 11.6 Å². The highest BCUT2D eigenvalue weighted by molar-refractivity contribution is 7.92. The fourth-order valence-electron chi connectivity index (χ4n) is 2.17. The Morgan fingerprint density at radius 2 is 1.78 bits per heavy atom. The van der Waals surface area contributed by atoms with Crippen LogP contribution < -0.4 is 10.1 Å². The molecule has 0 atom stereocenters. The van der Waals surface area contributed by atoms with Gasteiger partial charge >= 0.3 is 0 Å². The van der Waals surface area contributed by atoms with Gasteiger partial charge in [0.1, 0.15) is 0 Å². The van der Waals surface area contributed by atoms with Gasteiger partial charge in [-0.05, 0) is 47.8 Å². The molecule has 3 rings (SSSR count). The summed E-state index contributed by atoms with van der Waals surface area (Å²) >= 11 is 7.27. The number of nitrogens with zero attached hydrogens (tertiary/aromatic N) is 1. The van der Waals surface area contributed by atoms with Gasteiger partial charge in [-0.15, -0.1) is 11.3 Å². The third kappa shape index (κ3) is 4.94. The molecule has 1 amide bonds. The van der Waals surface area contributed by atoms with E-state index in [0.717, 1.165) is 4.88 Å². The summed E-state index contributed by atoms with van der Waals surface area (Å²) < 4.78 is 27.5. The van der Waals surface area contributed by atoms with Crippen LogP contribution >= 0.6 is 22.9 Å². The Morgan fingerprint density at radius 1 is 1.04 bits per heavy atom. The topological polar surface area (TPSA) is 87.6 Å². The van der Waals surface area contributed by atoms with Gasteiger partial charge in [-0.1, -0.05) is 29.8 Å². The van der Waals surface area contributed by atoms with Gasteiger partial charge < -0.3 is 0 Å². The fraction of sp³-hybridized carbons (Fsp3) is 0. The zero-order valence-corrected chi connectivity index (χ0v) is 16.2. The number of benzene rings is 2. The summed E-state index contributed by atoms with van der Waals surface area (Å²) in [5.41, 5.74) is 2.70. The van der Waals surface area contributed by atoms with Crippen molar-refractivity contribution in [3.63, 3.8) is 0 Å². The van der Waals surface area contributed by atoms with Gasteiger partial charge in [0.15, 0.2) is 0 Å². The molecule has 1 aromatic heterocycles. The van der Waals surface area contributed by atoms with Crippen molar-refractivity contribution >= 4 is 50.8 Å². The normalized spacial score (nSPS) is 11.4. The summed E-state index contributed by atoms with van der Waals surface area (Å²) in [6.07, 6.45) is 1.52. The lowest BCUT2D eigenvalue weighted by molar-refractivity contribution is 0.0956. The van der Waals surface area contributed by atoms with E-state index in [0.29, 0.717) is 5.02 Å². The number of para-hydroxylation sites is 1. The lowest BCUT2D eigenvalue weighted by atomic mass is 10.2. The average Bonchev–Trinajstić information content (AvgIpc) is 3.15. The van der Waals surface area contributed by atoms with Crippen LogP contribution in [0.3, 0.4) is 0 Å². The zero-order chi connectivity index (χ0) is 19.3. The van der Waals surface area contributed by atoms with Gasteiger partial charge in [0, 0.05) is 9.90 Å². The Kier molecular flexibility index (Phi) is 5.90. The molecular formula is C18H14ClN3O3S2. The molecule has 2 N–H and O–H groups in total. The Bertz CT molecular complexity index is 1060. The molecule has 0 fully saturated rings. The van der Waals surface area contributed by atoms with Gasteiger partial charge in [-0.2, -0.15) is 5.10 Å². The van der Waals surface area contributed by atoms with Gasteiger partial charge in [0.2, 0.25) is 0 Å². The first kappa shape index (κ1) is 19.1. The van der Waals surface area contributed by atoms with E-state index in [-0.39, 0.29) is 16.1 Å². The number of carbonyl (C=O) groups excluding carboxylic acids is 1. The highest BCUT2D eigenvalue weighted by Gasteiger charge is 2.18. The maximum atomic E-state index is 12.5. The maximum Gasteiger partial charge on any atom is 0.273 e. The lowest BCUT2D eigenvalue weighted by Gasteiger charge is -2.11. The predicted octanol–water partition coefficient (Wildman–Crippen LogP) is 3.97. The summed E-state index contributed by atoms with van der Waals surface area (Å²) in [6.45, 7) is 0. The standard InChI is InChI=1S/C18H14ClN3O3S2/c19-13-7-9-15(10-8-13)27(24,25)22-17-6-2-1-5-16(17)18(23)21-20-12-14-4-3-11-26-14/h1-12,22H,(H,21,23). The molecule has 3 aromatic rings. The van der Waals surface area contributed by atoms with E-state index in [1.807, 2.05) is 17.5 Å². The molecule has 27 heavy (non-hydrogen) atoms. The number of nitrogens with one attached hydrogen (secondary N) is 2. The highest BCUT2D eigenvalue weighted by atomic mass is 35.5. The van der Waals surface area contributed by atoms with Crippen LogP contribution in [0.2, 0.25) is 5.02 Å². The van der Waals surface area contributed by atoms with Crippen LogP contribution in [0.5, 0.6) is 0 Å². The van der Waals surface area contributed by atoms with Crippen molar-refractivity contribution in [1.29, 1.82) is 0 Å². The summed E-state index contributed by atoms with van der Waals surface area (Å²) in [4.78, 5) is 13.3. The van der Waals surface area contributed by atoms with Crippen LogP contribution in [0.1, 0.15) is 15.2 Å². The second-order valence-corrected chi connectivity index (χ2v) is 8.42. The maximum absolute atomic E-state index is 12.5. The van der Waals surface area contributed by atoms with E-state index >= 15 is 0 Å². The molecule has 0 saturated heterocycles. The molecule has 0 aliphatic rings.